The summed E-state index contributed by atoms with van der Waals surface area (Å²) < 4.78 is 5.39. The molecule has 0 spiro atoms. The number of hydrogen-bond acceptors (Lipinski definition) is 2. The Labute approximate surface area is 152 Å². The highest BCUT2D eigenvalue weighted by atomic mass is 127. The lowest BCUT2D eigenvalue weighted by atomic mass is 10.1. The maximum atomic E-state index is 5.39. The van der Waals surface area contributed by atoms with Crippen molar-refractivity contribution in [2.45, 2.75) is 39.2 Å². The monoisotopic (exact) mass is 419 g/mol. The molecule has 4 nitrogen and oxygen atoms in total. The highest BCUT2D eigenvalue weighted by molar-refractivity contribution is 14.0. The first-order valence-electron chi connectivity index (χ1n) is 7.68. The summed E-state index contributed by atoms with van der Waals surface area (Å²) >= 11 is 0. The molecule has 0 saturated heterocycles. The van der Waals surface area contributed by atoms with Gasteiger partial charge in [0.2, 0.25) is 0 Å². The van der Waals surface area contributed by atoms with E-state index in [1.54, 1.807) is 7.11 Å². The molecule has 2 N–H and O–H groups in total. The van der Waals surface area contributed by atoms with Crippen LogP contribution in [0, 0.1) is 0 Å². The van der Waals surface area contributed by atoms with Crippen molar-refractivity contribution in [1.82, 2.24) is 10.6 Å². The minimum absolute atomic E-state index is 0. The van der Waals surface area contributed by atoms with Crippen molar-refractivity contribution in [3.05, 3.63) is 35.9 Å². The molecule has 1 aromatic rings. The molecule has 1 aromatic carbocycles. The Balaban J connectivity index is 0.00000441. The lowest BCUT2D eigenvalue weighted by molar-refractivity contribution is 0.0310. The van der Waals surface area contributed by atoms with E-state index in [9.17, 15) is 0 Å². The minimum atomic E-state index is -0.230. The van der Waals surface area contributed by atoms with Crippen molar-refractivity contribution in [3.63, 3.8) is 0 Å². The van der Waals surface area contributed by atoms with Crippen LogP contribution in [0.3, 0.4) is 0 Å². The number of aryl methyl sites for hydroxylation is 1. The molecule has 0 heterocycles. The van der Waals surface area contributed by atoms with Gasteiger partial charge >= 0.3 is 0 Å². The first kappa shape index (κ1) is 21.2. The zero-order chi connectivity index (χ0) is 15.6. The third kappa shape index (κ3) is 9.25. The van der Waals surface area contributed by atoms with Crippen molar-refractivity contribution in [3.8, 4) is 0 Å². The van der Waals surface area contributed by atoms with E-state index in [1.165, 1.54) is 5.56 Å². The van der Waals surface area contributed by atoms with Crippen LogP contribution in [0.2, 0.25) is 0 Å². The van der Waals surface area contributed by atoms with Crippen LogP contribution in [0.25, 0.3) is 0 Å². The fourth-order valence-electron chi connectivity index (χ4n) is 1.82. The van der Waals surface area contributed by atoms with Gasteiger partial charge in [-0.25, -0.2) is 0 Å². The van der Waals surface area contributed by atoms with Gasteiger partial charge in [0.1, 0.15) is 0 Å². The number of aliphatic imine (C=N–C) groups is 1. The van der Waals surface area contributed by atoms with E-state index >= 15 is 0 Å². The predicted molar refractivity (Wildman–Crippen MR) is 105 cm³/mol. The predicted octanol–water partition coefficient (Wildman–Crippen LogP) is 3.22. The smallest absolute Gasteiger partial charge is 0.191 e. The van der Waals surface area contributed by atoms with E-state index in [2.05, 4.69) is 52.9 Å². The van der Waals surface area contributed by atoms with Gasteiger partial charge in [-0.1, -0.05) is 30.3 Å². The SMILES string of the molecule is CCNC(=NCC(C)(C)OC)NCCCc1ccccc1.I. The van der Waals surface area contributed by atoms with E-state index in [0.29, 0.717) is 6.54 Å². The standard InChI is InChI=1S/C17H29N3O.HI/c1-5-18-16(20-14-17(2,3)21-4)19-13-9-12-15-10-7-6-8-11-15;/h6-8,10-11H,5,9,12-14H2,1-4H3,(H2,18,19,20);1H. The Morgan fingerprint density at radius 3 is 2.45 bits per heavy atom. The molecule has 126 valence electrons. The molecule has 0 radical (unpaired) electrons. The number of methoxy groups -OCH3 is 1. The first-order chi connectivity index (χ1) is 10.1. The number of ether oxygens (including phenoxy) is 1. The molecular formula is C17H30IN3O. The summed E-state index contributed by atoms with van der Waals surface area (Å²) in [5.74, 6) is 0.857. The lowest BCUT2D eigenvalue weighted by Crippen LogP contribution is -2.39. The largest absolute Gasteiger partial charge is 0.377 e. The fraction of sp³-hybridized carbons (Fsp3) is 0.588. The van der Waals surface area contributed by atoms with Crippen molar-refractivity contribution >= 4 is 29.9 Å². The van der Waals surface area contributed by atoms with Gasteiger partial charge in [-0.3, -0.25) is 4.99 Å². The van der Waals surface area contributed by atoms with Gasteiger partial charge in [-0.15, -0.1) is 24.0 Å². The summed E-state index contributed by atoms with van der Waals surface area (Å²) in [6, 6.07) is 10.6. The maximum absolute atomic E-state index is 5.39. The summed E-state index contributed by atoms with van der Waals surface area (Å²) in [6.45, 7) is 8.55. The molecule has 0 unspecified atom stereocenters. The molecule has 0 fully saturated rings. The Kier molecular flexibility index (Phi) is 11.3. The zero-order valence-electron chi connectivity index (χ0n) is 14.2. The van der Waals surface area contributed by atoms with Gasteiger partial charge in [0.25, 0.3) is 0 Å². The summed E-state index contributed by atoms with van der Waals surface area (Å²) in [5, 5.41) is 6.63. The van der Waals surface area contributed by atoms with Crippen LogP contribution in [-0.2, 0) is 11.2 Å². The van der Waals surface area contributed by atoms with Crippen molar-refractivity contribution < 1.29 is 4.74 Å². The van der Waals surface area contributed by atoms with Crippen molar-refractivity contribution in [2.24, 2.45) is 4.99 Å². The average molecular weight is 419 g/mol. The third-order valence-corrected chi connectivity index (χ3v) is 3.29. The van der Waals surface area contributed by atoms with Gasteiger partial charge < -0.3 is 15.4 Å². The van der Waals surface area contributed by atoms with Crippen molar-refractivity contribution in [2.75, 3.05) is 26.7 Å². The number of nitrogens with one attached hydrogen (secondary N) is 2. The number of guanidine groups is 1. The van der Waals surface area contributed by atoms with Crippen LogP contribution >= 0.6 is 24.0 Å². The number of nitrogens with zero attached hydrogens (tertiary/aromatic N) is 1. The van der Waals surface area contributed by atoms with Gasteiger partial charge in [-0.2, -0.15) is 0 Å². The Morgan fingerprint density at radius 1 is 1.18 bits per heavy atom. The molecule has 22 heavy (non-hydrogen) atoms. The molecule has 0 aromatic heterocycles. The van der Waals surface area contributed by atoms with Crippen LogP contribution in [0.15, 0.2) is 35.3 Å². The fourth-order valence-corrected chi connectivity index (χ4v) is 1.82. The summed E-state index contributed by atoms with van der Waals surface area (Å²) in [7, 11) is 1.72. The molecule has 1 rings (SSSR count). The van der Waals surface area contributed by atoms with Gasteiger partial charge in [0.15, 0.2) is 5.96 Å². The first-order valence-corrected chi connectivity index (χ1v) is 7.68. The van der Waals surface area contributed by atoms with Crippen LogP contribution in [0.5, 0.6) is 0 Å². The molecule has 5 heteroatoms. The number of rotatable bonds is 8. The second kappa shape index (κ2) is 11.7. The minimum Gasteiger partial charge on any atom is -0.377 e. The van der Waals surface area contributed by atoms with Gasteiger partial charge in [-0.05, 0) is 39.2 Å². The third-order valence-electron chi connectivity index (χ3n) is 3.29. The second-order valence-electron chi connectivity index (χ2n) is 5.67. The number of hydrogen-bond donors (Lipinski definition) is 2. The maximum Gasteiger partial charge on any atom is 0.191 e. The van der Waals surface area contributed by atoms with Crippen LogP contribution in [0.1, 0.15) is 32.8 Å². The van der Waals surface area contributed by atoms with Gasteiger partial charge in [0, 0.05) is 20.2 Å². The van der Waals surface area contributed by atoms with E-state index in [4.69, 9.17) is 4.74 Å². The number of halogens is 1. The lowest BCUT2D eigenvalue weighted by Gasteiger charge is -2.21. The highest BCUT2D eigenvalue weighted by Gasteiger charge is 2.15. The summed E-state index contributed by atoms with van der Waals surface area (Å²) in [6.07, 6.45) is 2.17. The molecule has 0 aliphatic carbocycles. The van der Waals surface area contributed by atoms with E-state index in [0.717, 1.165) is 31.9 Å². The molecule has 0 aliphatic rings. The zero-order valence-corrected chi connectivity index (χ0v) is 16.5. The Hall–Kier alpha value is -0.820. The topological polar surface area (TPSA) is 45.7 Å². The van der Waals surface area contributed by atoms with E-state index in [-0.39, 0.29) is 29.6 Å². The molecule has 0 aliphatic heterocycles. The second-order valence-corrected chi connectivity index (χ2v) is 5.67. The molecule has 0 bridgehead atoms. The molecule has 0 atom stereocenters. The van der Waals surface area contributed by atoms with E-state index < -0.39 is 0 Å². The summed E-state index contributed by atoms with van der Waals surface area (Å²) in [4.78, 5) is 4.57. The van der Waals surface area contributed by atoms with Gasteiger partial charge in [0.05, 0.1) is 12.1 Å². The Morgan fingerprint density at radius 2 is 1.86 bits per heavy atom. The normalized spacial score (nSPS) is 11.7. The average Bonchev–Trinajstić information content (AvgIpc) is 2.50. The quantitative estimate of drug-likeness (QED) is 0.295. The Bertz CT molecular complexity index is 421. The highest BCUT2D eigenvalue weighted by Crippen LogP contribution is 2.07. The molecular weight excluding hydrogens is 389 g/mol. The molecule has 0 saturated carbocycles. The van der Waals surface area contributed by atoms with Crippen LogP contribution < -0.4 is 10.6 Å². The van der Waals surface area contributed by atoms with Crippen LogP contribution in [0.4, 0.5) is 0 Å². The number of benzene rings is 1. The van der Waals surface area contributed by atoms with Crippen LogP contribution in [-0.4, -0.2) is 38.3 Å². The van der Waals surface area contributed by atoms with Crippen molar-refractivity contribution in [1.29, 1.82) is 0 Å². The molecule has 0 amide bonds. The summed E-state index contributed by atoms with van der Waals surface area (Å²) in [5.41, 5.74) is 1.15. The van der Waals surface area contributed by atoms with E-state index in [1.807, 2.05) is 13.8 Å².